The van der Waals surface area contributed by atoms with Crippen LogP contribution in [-0.4, -0.2) is 16.3 Å². The van der Waals surface area contributed by atoms with Crippen LogP contribution in [0.15, 0.2) is 34.8 Å². The van der Waals surface area contributed by atoms with Crippen molar-refractivity contribution >= 4 is 0 Å². The van der Waals surface area contributed by atoms with Crippen molar-refractivity contribution in [2.75, 3.05) is 0 Å². The zero-order valence-electron chi connectivity index (χ0n) is 13.6. The lowest BCUT2D eigenvalue weighted by molar-refractivity contribution is 0.0135. The molecule has 0 aromatic carbocycles. The molecular formula is C19H27NO2. The second-order valence-electron chi connectivity index (χ2n) is 8.28. The van der Waals surface area contributed by atoms with Crippen LogP contribution in [0.3, 0.4) is 0 Å². The van der Waals surface area contributed by atoms with Crippen LogP contribution >= 0.6 is 0 Å². The molecule has 0 aliphatic heterocycles. The van der Waals surface area contributed by atoms with E-state index in [1.165, 1.54) is 11.1 Å². The van der Waals surface area contributed by atoms with Gasteiger partial charge in [-0.25, -0.2) is 0 Å². The van der Waals surface area contributed by atoms with Crippen molar-refractivity contribution in [1.29, 1.82) is 0 Å². The molecule has 4 aliphatic carbocycles. The Kier molecular flexibility index (Phi) is 2.88. The van der Waals surface area contributed by atoms with Crippen LogP contribution in [0.2, 0.25) is 0 Å². The van der Waals surface area contributed by atoms with E-state index in [1.54, 1.807) is 0 Å². The highest BCUT2D eigenvalue weighted by Crippen LogP contribution is 2.62. The number of aliphatic hydroxyl groups is 2. The van der Waals surface area contributed by atoms with Gasteiger partial charge in [0.15, 0.2) is 0 Å². The van der Waals surface area contributed by atoms with E-state index in [0.717, 1.165) is 32.1 Å². The molecule has 3 nitrogen and oxygen atoms in total. The van der Waals surface area contributed by atoms with Gasteiger partial charge in [-0.2, -0.15) is 0 Å². The Morgan fingerprint density at radius 1 is 1.23 bits per heavy atom. The number of hydrogen-bond donors (Lipinski definition) is 3. The highest BCUT2D eigenvalue weighted by atomic mass is 16.3. The number of nitrogens with two attached hydrogens (primary N) is 1. The standard InChI is InChI=1S/C19H27NO2/c1-18-8-3-4-12(18)16-13(7-9-18)19(2)11(10-14(16)20)5-6-15(21)17(19)22/h3-4,11,13-14,21-22H,5-10,20H2,1-2H3/t11-,13-,14-,18-,19-/m0/s1. The molecule has 0 aromatic heterocycles. The summed E-state index contributed by atoms with van der Waals surface area (Å²) in [5.41, 5.74) is 9.29. The van der Waals surface area contributed by atoms with Crippen molar-refractivity contribution in [3.05, 3.63) is 34.8 Å². The van der Waals surface area contributed by atoms with Crippen molar-refractivity contribution < 1.29 is 10.2 Å². The van der Waals surface area contributed by atoms with Gasteiger partial charge in [0.1, 0.15) is 11.5 Å². The molecule has 4 aliphatic rings. The Morgan fingerprint density at radius 3 is 2.77 bits per heavy atom. The van der Waals surface area contributed by atoms with Gasteiger partial charge in [0.25, 0.3) is 0 Å². The van der Waals surface area contributed by atoms with E-state index < -0.39 is 0 Å². The molecular weight excluding hydrogens is 274 g/mol. The minimum Gasteiger partial charge on any atom is -0.509 e. The summed E-state index contributed by atoms with van der Waals surface area (Å²) in [5, 5.41) is 20.9. The molecule has 4 rings (SSSR count). The molecule has 0 aromatic rings. The number of hydrogen-bond acceptors (Lipinski definition) is 3. The summed E-state index contributed by atoms with van der Waals surface area (Å²) >= 11 is 0. The van der Waals surface area contributed by atoms with Crippen LogP contribution < -0.4 is 5.73 Å². The van der Waals surface area contributed by atoms with Gasteiger partial charge in [0.2, 0.25) is 0 Å². The van der Waals surface area contributed by atoms with Crippen molar-refractivity contribution in [3.8, 4) is 0 Å². The van der Waals surface area contributed by atoms with Crippen molar-refractivity contribution in [1.82, 2.24) is 0 Å². The SMILES string of the molecule is C[C@@]12CC=CC1=C1[C@@H](N)C[C@@H]3CCC(O)=C(O)[C@]3(C)[C@H]1CC2. The van der Waals surface area contributed by atoms with E-state index in [2.05, 4.69) is 26.0 Å². The summed E-state index contributed by atoms with van der Waals surface area (Å²) in [6.45, 7) is 4.50. The van der Waals surface area contributed by atoms with Gasteiger partial charge in [-0.1, -0.05) is 26.0 Å². The summed E-state index contributed by atoms with van der Waals surface area (Å²) in [7, 11) is 0. The van der Waals surface area contributed by atoms with Crippen LogP contribution in [0.4, 0.5) is 0 Å². The quantitative estimate of drug-likeness (QED) is 0.630. The summed E-state index contributed by atoms with van der Waals surface area (Å²) in [6, 6.07) is 0.105. The van der Waals surface area contributed by atoms with Gasteiger partial charge in [-0.15, -0.1) is 0 Å². The molecule has 0 amide bonds. The molecule has 1 fully saturated rings. The fourth-order valence-corrected chi connectivity index (χ4v) is 5.80. The van der Waals surface area contributed by atoms with Crippen molar-refractivity contribution in [2.24, 2.45) is 28.4 Å². The fourth-order valence-electron chi connectivity index (χ4n) is 5.80. The van der Waals surface area contributed by atoms with Crippen molar-refractivity contribution in [3.63, 3.8) is 0 Å². The average molecular weight is 301 g/mol. The Labute approximate surface area is 132 Å². The first-order valence-corrected chi connectivity index (χ1v) is 8.66. The highest BCUT2D eigenvalue weighted by Gasteiger charge is 2.56. The minimum absolute atomic E-state index is 0.105. The summed E-state index contributed by atoms with van der Waals surface area (Å²) in [4.78, 5) is 0. The maximum atomic E-state index is 10.7. The van der Waals surface area contributed by atoms with Gasteiger partial charge >= 0.3 is 0 Å². The summed E-state index contributed by atoms with van der Waals surface area (Å²) in [6.07, 6.45) is 10.3. The number of allylic oxidation sites excluding steroid dienone is 5. The molecule has 0 bridgehead atoms. The third-order valence-electron chi connectivity index (χ3n) is 7.20. The third-order valence-corrected chi connectivity index (χ3v) is 7.20. The second-order valence-corrected chi connectivity index (χ2v) is 8.28. The van der Waals surface area contributed by atoms with Crippen LogP contribution in [0.5, 0.6) is 0 Å². The molecule has 22 heavy (non-hydrogen) atoms. The first-order valence-electron chi connectivity index (χ1n) is 8.66. The predicted molar refractivity (Wildman–Crippen MR) is 87.3 cm³/mol. The predicted octanol–water partition coefficient (Wildman–Crippen LogP) is 4.13. The Morgan fingerprint density at radius 2 is 2.00 bits per heavy atom. The van der Waals surface area contributed by atoms with E-state index in [4.69, 9.17) is 5.73 Å². The molecule has 0 spiro atoms. The summed E-state index contributed by atoms with van der Waals surface area (Å²) in [5.74, 6) is 1.09. The average Bonchev–Trinajstić information content (AvgIpc) is 2.87. The minimum atomic E-state index is -0.335. The molecule has 0 saturated heterocycles. The second kappa shape index (κ2) is 4.41. The third kappa shape index (κ3) is 1.61. The smallest absolute Gasteiger partial charge is 0.136 e. The van der Waals surface area contributed by atoms with E-state index in [-0.39, 0.29) is 34.3 Å². The number of fused-ring (bicyclic) bond motifs is 4. The number of aliphatic hydroxyl groups excluding tert-OH is 2. The van der Waals surface area contributed by atoms with Gasteiger partial charge in [-0.05, 0) is 60.5 Å². The maximum absolute atomic E-state index is 10.7. The van der Waals surface area contributed by atoms with Gasteiger partial charge in [-0.3, -0.25) is 0 Å². The lowest BCUT2D eigenvalue weighted by Gasteiger charge is -2.56. The van der Waals surface area contributed by atoms with Crippen molar-refractivity contribution in [2.45, 2.75) is 58.4 Å². The molecule has 0 radical (unpaired) electrons. The summed E-state index contributed by atoms with van der Waals surface area (Å²) < 4.78 is 0. The van der Waals surface area contributed by atoms with Crippen LogP contribution in [0.1, 0.15) is 52.4 Å². The molecule has 0 heterocycles. The highest BCUT2D eigenvalue weighted by molar-refractivity contribution is 5.45. The molecule has 0 unspecified atom stereocenters. The number of rotatable bonds is 0. The monoisotopic (exact) mass is 301 g/mol. The molecule has 3 heteroatoms. The van der Waals surface area contributed by atoms with Crippen LogP contribution in [0.25, 0.3) is 0 Å². The Hall–Kier alpha value is -1.22. The van der Waals surface area contributed by atoms with E-state index in [0.29, 0.717) is 12.3 Å². The first-order chi connectivity index (χ1) is 10.4. The van der Waals surface area contributed by atoms with Crippen LogP contribution in [0, 0.1) is 22.7 Å². The lowest BCUT2D eigenvalue weighted by atomic mass is 9.49. The Balaban J connectivity index is 1.90. The molecule has 5 atom stereocenters. The zero-order valence-corrected chi connectivity index (χ0v) is 13.6. The lowest BCUT2D eigenvalue weighted by Crippen LogP contribution is -2.53. The first kappa shape index (κ1) is 14.4. The van der Waals surface area contributed by atoms with Gasteiger partial charge < -0.3 is 15.9 Å². The maximum Gasteiger partial charge on any atom is 0.136 e. The zero-order chi connectivity index (χ0) is 15.7. The van der Waals surface area contributed by atoms with Gasteiger partial charge in [0, 0.05) is 17.9 Å². The topological polar surface area (TPSA) is 66.5 Å². The van der Waals surface area contributed by atoms with Gasteiger partial charge in [0.05, 0.1) is 0 Å². The molecule has 4 N–H and O–H groups in total. The Bertz CT molecular complexity index is 617. The molecule has 120 valence electrons. The van der Waals surface area contributed by atoms with E-state index in [9.17, 15) is 10.2 Å². The largest absolute Gasteiger partial charge is 0.509 e. The van der Waals surface area contributed by atoms with E-state index in [1.807, 2.05) is 0 Å². The van der Waals surface area contributed by atoms with E-state index >= 15 is 0 Å². The normalized spacial score (nSPS) is 47.3. The molecule has 1 saturated carbocycles. The van der Waals surface area contributed by atoms with Crippen LogP contribution in [-0.2, 0) is 0 Å². The fraction of sp³-hybridized carbons (Fsp3) is 0.684.